The van der Waals surface area contributed by atoms with Crippen LogP contribution in [0.4, 0.5) is 0 Å². The van der Waals surface area contributed by atoms with Gasteiger partial charge < -0.3 is 19.8 Å². The second-order valence-corrected chi connectivity index (χ2v) is 7.26. The third-order valence-corrected chi connectivity index (χ3v) is 5.49. The van der Waals surface area contributed by atoms with Crippen LogP contribution in [0.3, 0.4) is 0 Å². The molecular formula is C21H28IN3O2. The first-order valence-corrected chi connectivity index (χ1v) is 9.55. The van der Waals surface area contributed by atoms with Crippen molar-refractivity contribution >= 4 is 29.9 Å². The van der Waals surface area contributed by atoms with Crippen LogP contribution in [-0.2, 0) is 6.42 Å². The van der Waals surface area contributed by atoms with Crippen LogP contribution in [-0.4, -0.2) is 25.2 Å². The Balaban J connectivity index is 0.00000210. The molecule has 1 fully saturated rings. The molecule has 4 rings (SSSR count). The topological polar surface area (TPSA) is 58.8 Å². The summed E-state index contributed by atoms with van der Waals surface area (Å²) in [5.74, 6) is 2.82. The predicted octanol–water partition coefficient (Wildman–Crippen LogP) is 4.44. The van der Waals surface area contributed by atoms with Crippen molar-refractivity contribution in [1.29, 1.82) is 0 Å². The number of hydrogen-bond acceptors (Lipinski definition) is 3. The SMILES string of the molecule is CN=C(NCCc1ccco1)NC1CC2(CCCC2)Oc2ccccc21.I. The number of para-hydroxylation sites is 1. The van der Waals surface area contributed by atoms with Crippen LogP contribution in [0.25, 0.3) is 0 Å². The van der Waals surface area contributed by atoms with Gasteiger partial charge in [-0.3, -0.25) is 4.99 Å². The van der Waals surface area contributed by atoms with E-state index in [1.54, 1.807) is 6.26 Å². The van der Waals surface area contributed by atoms with E-state index in [4.69, 9.17) is 9.15 Å². The van der Waals surface area contributed by atoms with Gasteiger partial charge in [0.15, 0.2) is 5.96 Å². The van der Waals surface area contributed by atoms with E-state index in [2.05, 4.69) is 39.9 Å². The van der Waals surface area contributed by atoms with Crippen LogP contribution in [0.2, 0.25) is 0 Å². The molecule has 1 atom stereocenters. The summed E-state index contributed by atoms with van der Waals surface area (Å²) < 4.78 is 11.8. The molecule has 1 aliphatic carbocycles. The van der Waals surface area contributed by atoms with Gasteiger partial charge in [-0.25, -0.2) is 0 Å². The number of nitrogens with zero attached hydrogens (tertiary/aromatic N) is 1. The number of furan rings is 1. The second-order valence-electron chi connectivity index (χ2n) is 7.26. The van der Waals surface area contributed by atoms with Crippen LogP contribution in [0.15, 0.2) is 52.1 Å². The first kappa shape index (κ1) is 20.0. The van der Waals surface area contributed by atoms with E-state index in [0.717, 1.165) is 49.7 Å². The van der Waals surface area contributed by atoms with E-state index in [0.29, 0.717) is 0 Å². The minimum absolute atomic E-state index is 0. The van der Waals surface area contributed by atoms with Crippen molar-refractivity contribution in [3.05, 3.63) is 54.0 Å². The second kappa shape index (κ2) is 8.99. The zero-order valence-corrected chi connectivity index (χ0v) is 18.1. The highest BCUT2D eigenvalue weighted by Crippen LogP contribution is 2.46. The summed E-state index contributed by atoms with van der Waals surface area (Å²) in [7, 11) is 1.82. The van der Waals surface area contributed by atoms with E-state index in [1.165, 1.54) is 18.4 Å². The summed E-state index contributed by atoms with van der Waals surface area (Å²) in [5, 5.41) is 7.02. The summed E-state index contributed by atoms with van der Waals surface area (Å²) in [4.78, 5) is 4.41. The highest BCUT2D eigenvalue weighted by atomic mass is 127. The van der Waals surface area contributed by atoms with Crippen LogP contribution in [0.1, 0.15) is 49.5 Å². The molecule has 1 aliphatic heterocycles. The maximum atomic E-state index is 6.44. The van der Waals surface area contributed by atoms with Crippen LogP contribution in [0, 0.1) is 0 Å². The number of guanidine groups is 1. The summed E-state index contributed by atoms with van der Waals surface area (Å²) in [6.45, 7) is 0.781. The fourth-order valence-corrected chi connectivity index (χ4v) is 4.19. The molecule has 0 amide bonds. The van der Waals surface area contributed by atoms with Crippen molar-refractivity contribution < 1.29 is 9.15 Å². The highest BCUT2D eigenvalue weighted by molar-refractivity contribution is 14.0. The van der Waals surface area contributed by atoms with Crippen molar-refractivity contribution in [3.8, 4) is 5.75 Å². The molecule has 1 spiro atoms. The van der Waals surface area contributed by atoms with Gasteiger partial charge in [-0.2, -0.15) is 0 Å². The van der Waals surface area contributed by atoms with Crippen molar-refractivity contribution in [3.63, 3.8) is 0 Å². The van der Waals surface area contributed by atoms with E-state index in [-0.39, 0.29) is 35.6 Å². The van der Waals surface area contributed by atoms with Crippen molar-refractivity contribution in [2.45, 2.75) is 50.2 Å². The van der Waals surface area contributed by atoms with Gasteiger partial charge in [-0.1, -0.05) is 18.2 Å². The van der Waals surface area contributed by atoms with Gasteiger partial charge in [-0.15, -0.1) is 24.0 Å². The van der Waals surface area contributed by atoms with E-state index < -0.39 is 0 Å². The van der Waals surface area contributed by atoms with Gasteiger partial charge in [0.1, 0.15) is 17.1 Å². The summed E-state index contributed by atoms with van der Waals surface area (Å²) in [6.07, 6.45) is 8.33. The Hall–Kier alpha value is -1.70. The Morgan fingerprint density at radius 2 is 2.00 bits per heavy atom. The Kier molecular flexibility index (Phi) is 6.68. The molecule has 2 heterocycles. The minimum atomic E-state index is -0.0148. The zero-order valence-electron chi connectivity index (χ0n) is 15.7. The molecular weight excluding hydrogens is 453 g/mol. The smallest absolute Gasteiger partial charge is 0.191 e. The van der Waals surface area contributed by atoms with Crippen molar-refractivity contribution in [2.24, 2.45) is 4.99 Å². The predicted molar refractivity (Wildman–Crippen MR) is 118 cm³/mol. The fraction of sp³-hybridized carbons (Fsp3) is 0.476. The Bertz CT molecular complexity index is 755. The third-order valence-electron chi connectivity index (χ3n) is 5.49. The molecule has 6 heteroatoms. The monoisotopic (exact) mass is 481 g/mol. The quantitative estimate of drug-likeness (QED) is 0.385. The average Bonchev–Trinajstić information content (AvgIpc) is 3.33. The molecule has 2 aliphatic rings. The molecule has 0 saturated heterocycles. The number of benzene rings is 1. The van der Waals surface area contributed by atoms with Gasteiger partial charge in [0.05, 0.1) is 12.3 Å². The lowest BCUT2D eigenvalue weighted by Crippen LogP contribution is -2.47. The Morgan fingerprint density at radius 3 is 2.74 bits per heavy atom. The molecule has 1 saturated carbocycles. The standard InChI is InChI=1S/C21H27N3O2.HI/c1-22-20(23-13-10-16-7-6-14-25-16)24-18-15-21(11-4-5-12-21)26-19-9-3-2-8-17(18)19;/h2-3,6-9,14,18H,4-5,10-13,15H2,1H3,(H2,22,23,24);1H. The van der Waals surface area contributed by atoms with E-state index in [9.17, 15) is 0 Å². The summed E-state index contributed by atoms with van der Waals surface area (Å²) in [5.41, 5.74) is 1.21. The van der Waals surface area contributed by atoms with Crippen LogP contribution in [0.5, 0.6) is 5.75 Å². The molecule has 5 nitrogen and oxygen atoms in total. The zero-order chi connectivity index (χ0) is 17.8. The summed E-state index contributed by atoms with van der Waals surface area (Å²) >= 11 is 0. The van der Waals surface area contributed by atoms with Crippen LogP contribution < -0.4 is 15.4 Å². The minimum Gasteiger partial charge on any atom is -0.487 e. The first-order chi connectivity index (χ1) is 12.8. The highest BCUT2D eigenvalue weighted by Gasteiger charge is 2.43. The lowest BCUT2D eigenvalue weighted by molar-refractivity contribution is 0.0396. The van der Waals surface area contributed by atoms with Gasteiger partial charge >= 0.3 is 0 Å². The number of hydrogen-bond donors (Lipinski definition) is 2. The molecule has 2 N–H and O–H groups in total. The molecule has 0 bridgehead atoms. The molecule has 0 radical (unpaired) electrons. The molecule has 2 aromatic rings. The van der Waals surface area contributed by atoms with Gasteiger partial charge in [0.2, 0.25) is 0 Å². The number of fused-ring (bicyclic) bond motifs is 1. The lowest BCUT2D eigenvalue weighted by atomic mass is 9.86. The van der Waals surface area contributed by atoms with Crippen molar-refractivity contribution in [2.75, 3.05) is 13.6 Å². The van der Waals surface area contributed by atoms with Gasteiger partial charge in [0.25, 0.3) is 0 Å². The van der Waals surface area contributed by atoms with Crippen molar-refractivity contribution in [1.82, 2.24) is 10.6 Å². The molecule has 27 heavy (non-hydrogen) atoms. The fourth-order valence-electron chi connectivity index (χ4n) is 4.19. The number of halogens is 1. The Morgan fingerprint density at radius 1 is 1.19 bits per heavy atom. The first-order valence-electron chi connectivity index (χ1n) is 9.55. The van der Waals surface area contributed by atoms with Crippen LogP contribution >= 0.6 is 24.0 Å². The van der Waals surface area contributed by atoms with Gasteiger partial charge in [-0.05, 0) is 43.9 Å². The number of nitrogens with one attached hydrogen (secondary N) is 2. The maximum absolute atomic E-state index is 6.44. The molecule has 1 aromatic carbocycles. The third kappa shape index (κ3) is 4.59. The summed E-state index contributed by atoms with van der Waals surface area (Å²) in [6, 6.07) is 12.5. The number of aliphatic imine (C=N–C) groups is 1. The Labute approximate surface area is 178 Å². The molecule has 146 valence electrons. The molecule has 1 aromatic heterocycles. The van der Waals surface area contributed by atoms with E-state index >= 15 is 0 Å². The number of rotatable bonds is 4. The average molecular weight is 481 g/mol. The lowest BCUT2D eigenvalue weighted by Gasteiger charge is -2.40. The number of ether oxygens (including phenoxy) is 1. The maximum Gasteiger partial charge on any atom is 0.191 e. The molecule has 1 unspecified atom stereocenters. The van der Waals surface area contributed by atoms with Gasteiger partial charge in [0, 0.05) is 32.0 Å². The normalized spacial score (nSPS) is 20.5. The van der Waals surface area contributed by atoms with E-state index in [1.807, 2.05) is 19.2 Å². The largest absolute Gasteiger partial charge is 0.487 e.